The molecule has 1 aliphatic heterocycles. The van der Waals surface area contributed by atoms with Crippen molar-refractivity contribution in [1.29, 1.82) is 0 Å². The van der Waals surface area contributed by atoms with E-state index in [1.54, 1.807) is 18.0 Å². The Morgan fingerprint density at radius 2 is 1.59 bits per heavy atom. The lowest BCUT2D eigenvalue weighted by Crippen LogP contribution is -2.30. The summed E-state index contributed by atoms with van der Waals surface area (Å²) < 4.78 is 8.23. The van der Waals surface area contributed by atoms with E-state index in [0.29, 0.717) is 11.6 Å². The van der Waals surface area contributed by atoms with Crippen LogP contribution in [0.25, 0.3) is 11.3 Å². The topological polar surface area (TPSA) is 60.0 Å². The number of likely N-dealkylation sites (tertiary alicyclic amines) is 1. The highest BCUT2D eigenvalue weighted by Gasteiger charge is 2.18. The highest BCUT2D eigenvalue weighted by atomic mass is 32.2. The third-order valence-corrected chi connectivity index (χ3v) is 6.68. The number of benzene rings is 2. The fraction of sp³-hybridized carbons (Fsp3) is 0.320. The molecule has 5 rings (SSSR count). The Balaban J connectivity index is 1.33. The molecule has 6 nitrogen and oxygen atoms in total. The van der Waals surface area contributed by atoms with E-state index in [4.69, 9.17) is 4.42 Å². The Bertz CT molecular complexity index is 1120. The number of nitrogens with zero attached hydrogens (tertiary/aromatic N) is 5. The molecule has 0 unspecified atom stereocenters. The summed E-state index contributed by atoms with van der Waals surface area (Å²) >= 11 is 1.63. The van der Waals surface area contributed by atoms with Gasteiger partial charge in [-0.3, -0.25) is 4.90 Å². The van der Waals surface area contributed by atoms with E-state index >= 15 is 0 Å². The van der Waals surface area contributed by atoms with E-state index in [9.17, 15) is 0 Å². The molecular formula is C25H27N5OS. The van der Waals surface area contributed by atoms with Gasteiger partial charge in [0.1, 0.15) is 5.82 Å². The first-order valence-corrected chi connectivity index (χ1v) is 12.1. The van der Waals surface area contributed by atoms with Gasteiger partial charge in [0.25, 0.3) is 0 Å². The van der Waals surface area contributed by atoms with E-state index in [-0.39, 0.29) is 0 Å². The minimum absolute atomic E-state index is 0.615. The lowest BCUT2D eigenvalue weighted by atomic mass is 10.1. The smallest absolute Gasteiger partial charge is 0.205 e. The van der Waals surface area contributed by atoms with E-state index in [1.807, 2.05) is 36.4 Å². The molecule has 0 radical (unpaired) electrons. The van der Waals surface area contributed by atoms with Crippen LogP contribution in [0.4, 0.5) is 0 Å². The van der Waals surface area contributed by atoms with Crippen molar-refractivity contribution in [3.63, 3.8) is 0 Å². The summed E-state index contributed by atoms with van der Waals surface area (Å²) in [4.78, 5) is 6.96. The van der Waals surface area contributed by atoms with Crippen LogP contribution in [0.3, 0.4) is 0 Å². The van der Waals surface area contributed by atoms with Crippen LogP contribution in [-0.2, 0) is 18.8 Å². The predicted molar refractivity (Wildman–Crippen MR) is 126 cm³/mol. The highest BCUT2D eigenvalue weighted by Crippen LogP contribution is 2.26. The fourth-order valence-corrected chi connectivity index (χ4v) is 4.83. The third kappa shape index (κ3) is 5.11. The molecule has 7 heteroatoms. The molecule has 1 saturated heterocycles. The zero-order valence-electron chi connectivity index (χ0n) is 18.1. The van der Waals surface area contributed by atoms with Gasteiger partial charge in [0, 0.05) is 5.56 Å². The molecule has 0 atom stereocenters. The largest absolute Gasteiger partial charge is 0.440 e. The van der Waals surface area contributed by atoms with Gasteiger partial charge in [-0.15, -0.1) is 10.2 Å². The monoisotopic (exact) mass is 445 g/mol. The Morgan fingerprint density at radius 1 is 0.844 bits per heavy atom. The van der Waals surface area contributed by atoms with Gasteiger partial charge in [0.15, 0.2) is 10.9 Å². The summed E-state index contributed by atoms with van der Waals surface area (Å²) in [7, 11) is 0. The van der Waals surface area contributed by atoms with Crippen LogP contribution in [0.15, 0.2) is 76.4 Å². The van der Waals surface area contributed by atoms with Gasteiger partial charge in [0.05, 0.1) is 25.0 Å². The lowest BCUT2D eigenvalue weighted by Gasteiger charge is -2.26. The van der Waals surface area contributed by atoms with Crippen LogP contribution in [0.2, 0.25) is 0 Å². The average Bonchev–Trinajstić information content (AvgIpc) is 3.47. The molecule has 2 aromatic carbocycles. The number of thioether (sulfide) groups is 1. The quantitative estimate of drug-likeness (QED) is 0.345. The minimum Gasteiger partial charge on any atom is -0.440 e. The van der Waals surface area contributed by atoms with E-state index in [1.165, 1.54) is 24.8 Å². The summed E-state index contributed by atoms with van der Waals surface area (Å²) in [5.41, 5.74) is 2.28. The van der Waals surface area contributed by atoms with Crippen molar-refractivity contribution in [2.45, 2.75) is 43.3 Å². The van der Waals surface area contributed by atoms with Crippen LogP contribution in [0.1, 0.15) is 36.5 Å². The fourth-order valence-electron chi connectivity index (χ4n) is 4.02. The number of aromatic nitrogens is 4. The predicted octanol–water partition coefficient (Wildman–Crippen LogP) is 5.26. The maximum Gasteiger partial charge on any atom is 0.205 e. The Hall–Kier alpha value is -2.90. The second-order valence-electron chi connectivity index (χ2n) is 8.08. The number of hydrogen-bond acceptors (Lipinski definition) is 6. The highest BCUT2D eigenvalue weighted by molar-refractivity contribution is 7.98. The minimum atomic E-state index is 0.615. The van der Waals surface area contributed by atoms with E-state index in [2.05, 4.69) is 48.9 Å². The zero-order chi connectivity index (χ0) is 21.6. The van der Waals surface area contributed by atoms with Crippen molar-refractivity contribution in [3.05, 3.63) is 84.1 Å². The maximum absolute atomic E-state index is 5.98. The molecular weight excluding hydrogens is 418 g/mol. The zero-order valence-corrected chi connectivity index (χ0v) is 18.9. The van der Waals surface area contributed by atoms with Gasteiger partial charge < -0.3 is 8.98 Å². The van der Waals surface area contributed by atoms with Crippen LogP contribution >= 0.6 is 11.8 Å². The first kappa shape index (κ1) is 21.0. The van der Waals surface area contributed by atoms with Gasteiger partial charge in [-0.05, 0) is 31.5 Å². The number of rotatable bonds is 8. The molecule has 0 bridgehead atoms. The standard InChI is InChI=1S/C25H27N5OS/c1-4-10-20(11-5-1)17-30-23(18-29-14-8-3-9-15-29)27-28-25(30)32-19-24-26-16-22(31-24)21-12-6-2-7-13-21/h1-2,4-7,10-13,16H,3,8-9,14-15,17-19H2. The summed E-state index contributed by atoms with van der Waals surface area (Å²) in [5, 5.41) is 10.0. The van der Waals surface area contributed by atoms with E-state index < -0.39 is 0 Å². The number of oxazole rings is 1. The first-order valence-electron chi connectivity index (χ1n) is 11.2. The van der Waals surface area contributed by atoms with E-state index in [0.717, 1.165) is 48.5 Å². The average molecular weight is 446 g/mol. The molecule has 1 aliphatic rings. The first-order chi connectivity index (χ1) is 15.8. The molecule has 0 amide bonds. The number of piperidine rings is 1. The normalized spacial score (nSPS) is 14.6. The molecule has 4 aromatic rings. The van der Waals surface area contributed by atoms with Crippen LogP contribution in [0, 0.1) is 0 Å². The van der Waals surface area contributed by atoms with Crippen molar-refractivity contribution in [2.75, 3.05) is 13.1 Å². The van der Waals surface area contributed by atoms with Crippen LogP contribution in [-0.4, -0.2) is 37.7 Å². The molecule has 0 spiro atoms. The van der Waals surface area contributed by atoms with Gasteiger partial charge in [-0.25, -0.2) is 4.98 Å². The number of hydrogen-bond donors (Lipinski definition) is 0. The molecule has 2 aromatic heterocycles. The lowest BCUT2D eigenvalue weighted by molar-refractivity contribution is 0.213. The Morgan fingerprint density at radius 3 is 2.38 bits per heavy atom. The molecule has 0 N–H and O–H groups in total. The third-order valence-electron chi connectivity index (χ3n) is 5.73. The summed E-state index contributed by atoms with van der Waals surface area (Å²) in [6.45, 7) is 3.89. The Kier molecular flexibility index (Phi) is 6.65. The molecule has 1 fully saturated rings. The van der Waals surface area contributed by atoms with Gasteiger partial charge in [-0.1, -0.05) is 78.8 Å². The summed E-state index contributed by atoms with van der Waals surface area (Å²) in [6, 6.07) is 20.6. The van der Waals surface area contributed by atoms with Gasteiger partial charge >= 0.3 is 0 Å². The van der Waals surface area contributed by atoms with Crippen molar-refractivity contribution >= 4 is 11.8 Å². The van der Waals surface area contributed by atoms with Crippen molar-refractivity contribution in [2.24, 2.45) is 0 Å². The molecule has 0 aliphatic carbocycles. The molecule has 3 heterocycles. The van der Waals surface area contributed by atoms with Gasteiger partial charge in [0.2, 0.25) is 5.89 Å². The molecule has 0 saturated carbocycles. The van der Waals surface area contributed by atoms with Crippen LogP contribution < -0.4 is 0 Å². The van der Waals surface area contributed by atoms with Crippen LogP contribution in [0.5, 0.6) is 0 Å². The van der Waals surface area contributed by atoms with Gasteiger partial charge in [-0.2, -0.15) is 0 Å². The molecule has 32 heavy (non-hydrogen) atoms. The second-order valence-corrected chi connectivity index (χ2v) is 9.02. The molecule has 164 valence electrons. The Labute approximate surface area is 192 Å². The second kappa shape index (κ2) is 10.1. The maximum atomic E-state index is 5.98. The summed E-state index contributed by atoms with van der Waals surface area (Å²) in [6.07, 6.45) is 5.65. The van der Waals surface area contributed by atoms with Crippen molar-refractivity contribution in [1.82, 2.24) is 24.6 Å². The SMILES string of the molecule is c1ccc(Cn2c(CN3CCCCC3)nnc2SCc2ncc(-c3ccccc3)o2)cc1. The van der Waals surface area contributed by atoms with Crippen molar-refractivity contribution in [3.8, 4) is 11.3 Å². The summed E-state index contributed by atoms with van der Waals surface area (Å²) in [5.74, 6) is 3.12. The van der Waals surface area contributed by atoms with Crippen molar-refractivity contribution < 1.29 is 4.42 Å².